The van der Waals surface area contributed by atoms with E-state index in [1.165, 1.54) is 19.8 Å². The largest absolute Gasteiger partial charge is 0.331 e. The van der Waals surface area contributed by atoms with Gasteiger partial charge in [-0.2, -0.15) is 0 Å². The maximum atomic E-state index is 12.3. The SMILES string of the molecule is CC(=O)N(CC(=O)Nc1ccc(Cl)c(Cl)c1)C1CCCCCC1. The molecule has 0 saturated heterocycles. The van der Waals surface area contributed by atoms with E-state index in [0.29, 0.717) is 15.7 Å². The number of hydrogen-bond donors (Lipinski definition) is 1. The van der Waals surface area contributed by atoms with E-state index in [-0.39, 0.29) is 24.4 Å². The number of carbonyl (C=O) groups is 2. The molecular formula is C17H22Cl2N2O2. The fourth-order valence-corrected chi connectivity index (χ4v) is 3.29. The van der Waals surface area contributed by atoms with Crippen molar-refractivity contribution >= 4 is 40.7 Å². The maximum Gasteiger partial charge on any atom is 0.244 e. The van der Waals surface area contributed by atoms with Crippen molar-refractivity contribution < 1.29 is 9.59 Å². The lowest BCUT2D eigenvalue weighted by molar-refractivity contribution is -0.135. The van der Waals surface area contributed by atoms with Gasteiger partial charge in [0.25, 0.3) is 0 Å². The fourth-order valence-electron chi connectivity index (χ4n) is 3.00. The normalized spacial score (nSPS) is 15.8. The molecule has 1 aliphatic carbocycles. The molecule has 0 spiro atoms. The van der Waals surface area contributed by atoms with Crippen LogP contribution in [0.2, 0.25) is 10.0 Å². The number of hydrogen-bond acceptors (Lipinski definition) is 2. The van der Waals surface area contributed by atoms with Gasteiger partial charge >= 0.3 is 0 Å². The van der Waals surface area contributed by atoms with Crippen molar-refractivity contribution in [3.63, 3.8) is 0 Å². The van der Waals surface area contributed by atoms with Crippen LogP contribution in [-0.4, -0.2) is 29.3 Å². The Balaban J connectivity index is 1.99. The Bertz CT molecular complexity index is 570. The molecule has 0 bridgehead atoms. The third-order valence-corrected chi connectivity index (χ3v) is 4.93. The van der Waals surface area contributed by atoms with Crippen molar-refractivity contribution in [2.75, 3.05) is 11.9 Å². The summed E-state index contributed by atoms with van der Waals surface area (Å²) in [6.07, 6.45) is 6.58. The zero-order valence-corrected chi connectivity index (χ0v) is 14.8. The number of halogens is 2. The average Bonchev–Trinajstić information content (AvgIpc) is 2.77. The Morgan fingerprint density at radius 3 is 2.35 bits per heavy atom. The highest BCUT2D eigenvalue weighted by atomic mass is 35.5. The second kappa shape index (κ2) is 8.55. The Morgan fingerprint density at radius 2 is 1.78 bits per heavy atom. The third-order valence-electron chi connectivity index (χ3n) is 4.19. The molecule has 2 amide bonds. The average molecular weight is 357 g/mol. The first-order valence-electron chi connectivity index (χ1n) is 7.99. The number of nitrogens with zero attached hydrogens (tertiary/aromatic N) is 1. The first-order chi connectivity index (χ1) is 11.0. The molecule has 0 radical (unpaired) electrons. The van der Waals surface area contributed by atoms with Crippen LogP contribution in [0.3, 0.4) is 0 Å². The monoisotopic (exact) mass is 356 g/mol. The summed E-state index contributed by atoms with van der Waals surface area (Å²) in [5, 5.41) is 3.60. The molecule has 1 N–H and O–H groups in total. The number of rotatable bonds is 4. The summed E-state index contributed by atoms with van der Waals surface area (Å²) in [6, 6.07) is 5.09. The number of amides is 2. The predicted molar refractivity (Wildman–Crippen MR) is 94.0 cm³/mol. The number of nitrogens with one attached hydrogen (secondary N) is 1. The van der Waals surface area contributed by atoms with Crippen LogP contribution < -0.4 is 5.32 Å². The lowest BCUT2D eigenvalue weighted by atomic mass is 10.1. The number of benzene rings is 1. The zero-order valence-electron chi connectivity index (χ0n) is 13.3. The van der Waals surface area contributed by atoms with Gasteiger partial charge in [0.1, 0.15) is 6.54 Å². The molecular weight excluding hydrogens is 335 g/mol. The highest BCUT2D eigenvalue weighted by molar-refractivity contribution is 6.42. The topological polar surface area (TPSA) is 49.4 Å². The summed E-state index contributed by atoms with van der Waals surface area (Å²) in [5.41, 5.74) is 0.578. The summed E-state index contributed by atoms with van der Waals surface area (Å²) in [6.45, 7) is 1.59. The van der Waals surface area contributed by atoms with E-state index < -0.39 is 0 Å². The molecule has 4 nitrogen and oxygen atoms in total. The maximum absolute atomic E-state index is 12.3. The van der Waals surface area contributed by atoms with Gasteiger partial charge in [0.05, 0.1) is 10.0 Å². The van der Waals surface area contributed by atoms with Crippen molar-refractivity contribution in [1.82, 2.24) is 4.90 Å². The van der Waals surface area contributed by atoms with Gasteiger partial charge in [-0.05, 0) is 31.0 Å². The minimum absolute atomic E-state index is 0.0545. The molecule has 126 valence electrons. The highest BCUT2D eigenvalue weighted by Crippen LogP contribution is 2.25. The summed E-state index contributed by atoms with van der Waals surface area (Å²) >= 11 is 11.8. The molecule has 1 aromatic carbocycles. The van der Waals surface area contributed by atoms with E-state index in [4.69, 9.17) is 23.2 Å². The van der Waals surface area contributed by atoms with Crippen LogP contribution >= 0.6 is 23.2 Å². The molecule has 0 heterocycles. The Hall–Kier alpha value is -1.26. The molecule has 1 aromatic rings. The minimum atomic E-state index is -0.220. The van der Waals surface area contributed by atoms with Gasteiger partial charge in [-0.15, -0.1) is 0 Å². The van der Waals surface area contributed by atoms with Gasteiger partial charge in [0, 0.05) is 18.7 Å². The molecule has 0 aliphatic heterocycles. The van der Waals surface area contributed by atoms with Crippen LogP contribution in [0.25, 0.3) is 0 Å². The van der Waals surface area contributed by atoms with Gasteiger partial charge in [0.15, 0.2) is 0 Å². The Kier molecular flexibility index (Phi) is 6.72. The molecule has 0 aromatic heterocycles. The van der Waals surface area contributed by atoms with E-state index in [2.05, 4.69) is 5.32 Å². The lowest BCUT2D eigenvalue weighted by Crippen LogP contribution is -2.43. The van der Waals surface area contributed by atoms with Crippen molar-refractivity contribution in [2.45, 2.75) is 51.5 Å². The van der Waals surface area contributed by atoms with E-state index in [9.17, 15) is 9.59 Å². The first-order valence-corrected chi connectivity index (χ1v) is 8.75. The van der Waals surface area contributed by atoms with E-state index >= 15 is 0 Å². The van der Waals surface area contributed by atoms with E-state index in [1.54, 1.807) is 23.1 Å². The molecule has 0 unspecified atom stereocenters. The van der Waals surface area contributed by atoms with Gasteiger partial charge in [-0.25, -0.2) is 0 Å². The molecule has 1 fully saturated rings. The second-order valence-electron chi connectivity index (χ2n) is 5.97. The molecule has 0 atom stereocenters. The third kappa shape index (κ3) is 5.40. The standard InChI is InChI=1S/C17H22Cl2N2O2/c1-12(22)21(14-6-4-2-3-5-7-14)11-17(23)20-13-8-9-15(18)16(19)10-13/h8-10,14H,2-7,11H2,1H3,(H,20,23). The van der Waals surface area contributed by atoms with Crippen molar-refractivity contribution in [1.29, 1.82) is 0 Å². The van der Waals surface area contributed by atoms with Gasteiger partial charge < -0.3 is 10.2 Å². The molecule has 2 rings (SSSR count). The van der Waals surface area contributed by atoms with E-state index in [1.807, 2.05) is 0 Å². The second-order valence-corrected chi connectivity index (χ2v) is 6.78. The van der Waals surface area contributed by atoms with Gasteiger partial charge in [-0.1, -0.05) is 48.9 Å². The van der Waals surface area contributed by atoms with Crippen molar-refractivity contribution in [3.8, 4) is 0 Å². The molecule has 1 aliphatic rings. The van der Waals surface area contributed by atoms with Gasteiger partial charge in [0.2, 0.25) is 11.8 Å². The fraction of sp³-hybridized carbons (Fsp3) is 0.529. The highest BCUT2D eigenvalue weighted by Gasteiger charge is 2.24. The zero-order chi connectivity index (χ0) is 16.8. The first kappa shape index (κ1) is 18.1. The summed E-state index contributed by atoms with van der Waals surface area (Å²) in [5.74, 6) is -0.274. The van der Waals surface area contributed by atoms with E-state index in [0.717, 1.165) is 25.7 Å². The Morgan fingerprint density at radius 1 is 1.13 bits per heavy atom. The molecule has 1 saturated carbocycles. The molecule has 23 heavy (non-hydrogen) atoms. The van der Waals surface area contributed by atoms with Crippen LogP contribution in [0.1, 0.15) is 45.4 Å². The Labute approximate surface area is 147 Å². The summed E-state index contributed by atoms with van der Waals surface area (Å²) in [7, 11) is 0. The number of carbonyl (C=O) groups excluding carboxylic acids is 2. The summed E-state index contributed by atoms with van der Waals surface area (Å²) in [4.78, 5) is 25.9. The predicted octanol–water partition coefficient (Wildman–Crippen LogP) is 4.50. The van der Waals surface area contributed by atoms with Crippen LogP contribution in [-0.2, 0) is 9.59 Å². The number of anilines is 1. The quantitative estimate of drug-likeness (QED) is 0.807. The van der Waals surface area contributed by atoms with Crippen LogP contribution in [0.15, 0.2) is 18.2 Å². The van der Waals surface area contributed by atoms with Crippen molar-refractivity contribution in [2.24, 2.45) is 0 Å². The van der Waals surface area contributed by atoms with Crippen LogP contribution in [0.4, 0.5) is 5.69 Å². The molecule has 6 heteroatoms. The smallest absolute Gasteiger partial charge is 0.244 e. The van der Waals surface area contributed by atoms with Crippen molar-refractivity contribution in [3.05, 3.63) is 28.2 Å². The minimum Gasteiger partial charge on any atom is -0.331 e. The lowest BCUT2D eigenvalue weighted by Gasteiger charge is -2.29. The van der Waals surface area contributed by atoms with Crippen LogP contribution in [0, 0.1) is 0 Å². The summed E-state index contributed by atoms with van der Waals surface area (Å²) < 4.78 is 0. The van der Waals surface area contributed by atoms with Crippen LogP contribution in [0.5, 0.6) is 0 Å². The van der Waals surface area contributed by atoms with Gasteiger partial charge in [-0.3, -0.25) is 9.59 Å².